The van der Waals surface area contributed by atoms with Crippen LogP contribution < -0.4 is 4.72 Å². The van der Waals surface area contributed by atoms with Gasteiger partial charge in [0.25, 0.3) is 10.0 Å². The van der Waals surface area contributed by atoms with E-state index in [0.717, 1.165) is 5.56 Å². The maximum atomic E-state index is 12.6. The molecule has 2 rings (SSSR count). The van der Waals surface area contributed by atoms with Gasteiger partial charge in [0.15, 0.2) is 0 Å². The Kier molecular flexibility index (Phi) is 6.67. The van der Waals surface area contributed by atoms with Crippen molar-refractivity contribution in [3.8, 4) is 11.8 Å². The number of sulfonamides is 1. The molecule has 0 atom stereocenters. The SMILES string of the molecule is COC(=O)CCC#Cc1cc(Cl)ccc1NS(=O)(=O)c1ccc(C)cc1. The molecule has 7 heteroatoms. The van der Waals surface area contributed by atoms with Crippen molar-refractivity contribution in [2.45, 2.75) is 24.7 Å². The average Bonchev–Trinajstić information content (AvgIpc) is 2.60. The number of esters is 1. The van der Waals surface area contributed by atoms with Crippen LogP contribution in [0.25, 0.3) is 0 Å². The van der Waals surface area contributed by atoms with Gasteiger partial charge in [-0.2, -0.15) is 0 Å². The van der Waals surface area contributed by atoms with Crippen LogP contribution in [0.15, 0.2) is 47.4 Å². The third-order valence-corrected chi connectivity index (χ3v) is 5.08. The minimum absolute atomic E-state index is 0.155. The van der Waals surface area contributed by atoms with E-state index < -0.39 is 10.0 Å². The van der Waals surface area contributed by atoms with Gasteiger partial charge in [0, 0.05) is 11.4 Å². The van der Waals surface area contributed by atoms with Gasteiger partial charge in [0.05, 0.1) is 29.7 Å². The topological polar surface area (TPSA) is 72.5 Å². The Bertz CT molecular complexity index is 957. The number of methoxy groups -OCH3 is 1. The molecule has 0 aliphatic carbocycles. The van der Waals surface area contributed by atoms with E-state index >= 15 is 0 Å². The zero-order valence-corrected chi connectivity index (χ0v) is 15.9. The molecule has 0 aromatic heterocycles. The van der Waals surface area contributed by atoms with Crippen molar-refractivity contribution in [2.24, 2.45) is 0 Å². The van der Waals surface area contributed by atoms with Crippen LogP contribution in [0.3, 0.4) is 0 Å². The number of carbonyl (C=O) groups excluding carboxylic acids is 1. The summed E-state index contributed by atoms with van der Waals surface area (Å²) in [6, 6.07) is 11.2. The lowest BCUT2D eigenvalue weighted by molar-refractivity contribution is -0.140. The number of carbonyl (C=O) groups is 1. The molecule has 0 saturated carbocycles. The second-order valence-corrected chi connectivity index (χ2v) is 7.61. The largest absolute Gasteiger partial charge is 0.469 e. The molecular weight excluding hydrogens is 374 g/mol. The average molecular weight is 392 g/mol. The standard InChI is InChI=1S/C19H18ClNO4S/c1-14-7-10-17(11-8-14)26(23,24)21-18-12-9-16(20)13-15(18)5-3-4-6-19(22)25-2/h7-13,21H,4,6H2,1-2H3. The lowest BCUT2D eigenvalue weighted by Crippen LogP contribution is -2.13. The fourth-order valence-corrected chi connectivity index (χ4v) is 3.31. The summed E-state index contributed by atoms with van der Waals surface area (Å²) in [6.45, 7) is 1.88. The first-order chi connectivity index (χ1) is 12.3. The second kappa shape index (κ2) is 8.75. The third kappa shape index (κ3) is 5.51. The summed E-state index contributed by atoms with van der Waals surface area (Å²) < 4.78 is 32.2. The Hall–Kier alpha value is -2.49. The number of aryl methyl sites for hydroxylation is 1. The first-order valence-corrected chi connectivity index (χ1v) is 9.62. The monoisotopic (exact) mass is 391 g/mol. The molecule has 0 aliphatic heterocycles. The minimum atomic E-state index is -3.75. The lowest BCUT2D eigenvalue weighted by atomic mass is 10.2. The summed E-state index contributed by atoms with van der Waals surface area (Å²) in [5.41, 5.74) is 1.71. The number of ether oxygens (including phenoxy) is 1. The molecule has 5 nitrogen and oxygen atoms in total. The molecule has 136 valence electrons. The molecule has 0 heterocycles. The van der Waals surface area contributed by atoms with Crippen molar-refractivity contribution in [3.63, 3.8) is 0 Å². The molecular formula is C19H18ClNO4S. The highest BCUT2D eigenvalue weighted by Crippen LogP contribution is 2.23. The van der Waals surface area contributed by atoms with Crippen molar-refractivity contribution in [3.05, 3.63) is 58.6 Å². The van der Waals surface area contributed by atoms with Gasteiger partial charge in [-0.05, 0) is 37.3 Å². The lowest BCUT2D eigenvalue weighted by Gasteiger charge is -2.10. The fraction of sp³-hybridized carbons (Fsp3) is 0.211. The first-order valence-electron chi connectivity index (χ1n) is 7.76. The van der Waals surface area contributed by atoms with Gasteiger partial charge in [0.2, 0.25) is 0 Å². The molecule has 26 heavy (non-hydrogen) atoms. The van der Waals surface area contributed by atoms with Crippen molar-refractivity contribution >= 4 is 33.3 Å². The molecule has 0 amide bonds. The van der Waals surface area contributed by atoms with Gasteiger partial charge < -0.3 is 4.74 Å². The van der Waals surface area contributed by atoms with Crippen LogP contribution in [0.2, 0.25) is 5.02 Å². The normalized spacial score (nSPS) is 10.6. The van der Waals surface area contributed by atoms with Crippen molar-refractivity contribution < 1.29 is 17.9 Å². The van der Waals surface area contributed by atoms with Gasteiger partial charge in [0.1, 0.15) is 0 Å². The van der Waals surface area contributed by atoms with E-state index in [1.165, 1.54) is 19.2 Å². The number of nitrogens with one attached hydrogen (secondary N) is 1. The highest BCUT2D eigenvalue weighted by atomic mass is 35.5. The van der Waals surface area contributed by atoms with Crippen LogP contribution in [0.4, 0.5) is 5.69 Å². The van der Waals surface area contributed by atoms with Crippen molar-refractivity contribution in [1.29, 1.82) is 0 Å². The predicted octanol–water partition coefficient (Wildman–Crippen LogP) is 3.75. The van der Waals surface area contributed by atoms with Gasteiger partial charge in [-0.3, -0.25) is 9.52 Å². The van der Waals surface area contributed by atoms with Gasteiger partial charge in [-0.25, -0.2) is 8.42 Å². The van der Waals surface area contributed by atoms with E-state index in [0.29, 0.717) is 22.7 Å². The summed E-state index contributed by atoms with van der Waals surface area (Å²) >= 11 is 5.99. The fourth-order valence-electron chi connectivity index (χ4n) is 2.05. The highest BCUT2D eigenvalue weighted by Gasteiger charge is 2.15. The Morgan fingerprint density at radius 1 is 1.19 bits per heavy atom. The molecule has 2 aromatic rings. The number of benzene rings is 2. The van der Waals surface area contributed by atoms with Crippen LogP contribution in [-0.4, -0.2) is 21.5 Å². The first kappa shape index (κ1) is 19.8. The van der Waals surface area contributed by atoms with Crippen LogP contribution in [0.1, 0.15) is 24.0 Å². The highest BCUT2D eigenvalue weighted by molar-refractivity contribution is 7.92. The molecule has 0 aliphatic rings. The number of rotatable bonds is 5. The summed E-state index contributed by atoms with van der Waals surface area (Å²) in [6.07, 6.45) is 0.456. The maximum Gasteiger partial charge on any atom is 0.306 e. The van der Waals surface area contributed by atoms with Crippen LogP contribution >= 0.6 is 11.6 Å². The van der Waals surface area contributed by atoms with E-state index in [-0.39, 0.29) is 17.3 Å². The van der Waals surface area contributed by atoms with Crippen molar-refractivity contribution in [1.82, 2.24) is 0 Å². The zero-order chi connectivity index (χ0) is 19.2. The third-order valence-electron chi connectivity index (χ3n) is 3.46. The summed E-state index contributed by atoms with van der Waals surface area (Å²) in [4.78, 5) is 11.3. The number of hydrogen-bond donors (Lipinski definition) is 1. The molecule has 0 radical (unpaired) electrons. The summed E-state index contributed by atoms with van der Waals surface area (Å²) in [7, 11) is -2.44. The molecule has 1 N–H and O–H groups in total. The van der Waals surface area contributed by atoms with E-state index in [4.69, 9.17) is 11.6 Å². The predicted molar refractivity (Wildman–Crippen MR) is 102 cm³/mol. The summed E-state index contributed by atoms with van der Waals surface area (Å²) in [5, 5.41) is 0.431. The Morgan fingerprint density at radius 2 is 1.88 bits per heavy atom. The molecule has 0 spiro atoms. The van der Waals surface area contributed by atoms with Gasteiger partial charge in [-0.15, -0.1) is 0 Å². The molecule has 0 fully saturated rings. The van der Waals surface area contributed by atoms with E-state index in [1.54, 1.807) is 30.3 Å². The Balaban J connectivity index is 2.25. The Labute approximate surface area is 158 Å². The number of hydrogen-bond acceptors (Lipinski definition) is 4. The Morgan fingerprint density at radius 3 is 2.54 bits per heavy atom. The smallest absolute Gasteiger partial charge is 0.306 e. The van der Waals surface area contributed by atoms with Gasteiger partial charge >= 0.3 is 5.97 Å². The quantitative estimate of drug-likeness (QED) is 0.622. The van der Waals surface area contributed by atoms with Crippen LogP contribution in [-0.2, 0) is 19.6 Å². The molecule has 2 aromatic carbocycles. The minimum Gasteiger partial charge on any atom is -0.469 e. The van der Waals surface area contributed by atoms with Gasteiger partial charge in [-0.1, -0.05) is 41.1 Å². The number of anilines is 1. The molecule has 0 unspecified atom stereocenters. The number of halogens is 1. The zero-order valence-electron chi connectivity index (χ0n) is 14.4. The van der Waals surface area contributed by atoms with E-state index in [2.05, 4.69) is 21.3 Å². The molecule has 0 saturated heterocycles. The maximum absolute atomic E-state index is 12.6. The second-order valence-electron chi connectivity index (χ2n) is 5.49. The van der Waals surface area contributed by atoms with Crippen LogP contribution in [0.5, 0.6) is 0 Å². The van der Waals surface area contributed by atoms with E-state index in [1.807, 2.05) is 6.92 Å². The van der Waals surface area contributed by atoms with Crippen LogP contribution in [0, 0.1) is 18.8 Å². The summed E-state index contributed by atoms with van der Waals surface area (Å²) in [5.74, 6) is 5.31. The molecule has 0 bridgehead atoms. The van der Waals surface area contributed by atoms with Crippen molar-refractivity contribution in [2.75, 3.05) is 11.8 Å². The van der Waals surface area contributed by atoms with E-state index in [9.17, 15) is 13.2 Å².